The summed E-state index contributed by atoms with van der Waals surface area (Å²) < 4.78 is 110. The van der Waals surface area contributed by atoms with Crippen molar-refractivity contribution in [3.8, 4) is 5.75 Å². The van der Waals surface area contributed by atoms with Crippen LogP contribution in [0.4, 0.5) is 0 Å². The first-order chi connectivity index (χ1) is 23.7. The normalized spacial score (nSPS) is 15.3. The highest BCUT2D eigenvalue weighted by Gasteiger charge is 2.32. The fraction of sp³-hybridized carbons (Fsp3) is 0.310. The summed E-state index contributed by atoms with van der Waals surface area (Å²) in [6.07, 6.45) is -0.290. The number of rotatable bonds is 12. The molecule has 1 atom stereocenters. The molecule has 0 radical (unpaired) electrons. The van der Waals surface area contributed by atoms with Gasteiger partial charge in [0.25, 0.3) is 42.2 Å². The molecule has 4 aromatic rings. The number of carboxylic acids is 1. The third-order valence-electron chi connectivity index (χ3n) is 8.57. The number of benzene rings is 4. The topological polar surface area (TPSA) is 314 Å². The van der Waals surface area contributed by atoms with Crippen molar-refractivity contribution in [3.05, 3.63) is 36.4 Å². The molecule has 274 valence electrons. The van der Waals surface area contributed by atoms with Crippen LogP contribution < -0.4 is 21.3 Å². The highest BCUT2D eigenvalue weighted by atomic mass is 32.2. The van der Waals surface area contributed by atoms with Crippen LogP contribution in [0.2, 0.25) is 0 Å². The average Bonchev–Trinajstić information content (AvgIpc) is 3.05. The Morgan fingerprint density at radius 3 is 1.75 bits per heavy atom. The Morgan fingerprint density at radius 2 is 1.27 bits per heavy atom. The summed E-state index contributed by atoms with van der Waals surface area (Å²) in [5.41, 5.74) is 1.87. The Morgan fingerprint density at radius 1 is 0.804 bits per heavy atom. The van der Waals surface area contributed by atoms with Crippen molar-refractivity contribution in [2.45, 2.75) is 46.4 Å². The fourth-order valence-electron chi connectivity index (χ4n) is 6.17. The van der Waals surface area contributed by atoms with Gasteiger partial charge in [0.2, 0.25) is 5.91 Å². The maximum Gasteiger partial charge on any atom is 0.303 e. The van der Waals surface area contributed by atoms with Crippen LogP contribution in [0.15, 0.2) is 51.1 Å². The van der Waals surface area contributed by atoms with E-state index in [4.69, 9.17) is 15.7 Å². The van der Waals surface area contributed by atoms with E-state index in [2.05, 4.69) is 5.32 Å². The first kappa shape index (κ1) is 37.5. The van der Waals surface area contributed by atoms with E-state index in [1.54, 1.807) is 0 Å². The molecule has 1 aliphatic heterocycles. The highest BCUT2D eigenvalue weighted by Crippen LogP contribution is 2.45. The number of amides is 3. The molecule has 4 aromatic carbocycles. The van der Waals surface area contributed by atoms with Gasteiger partial charge in [0.05, 0.1) is 0 Å². The second kappa shape index (κ2) is 13.8. The summed E-state index contributed by atoms with van der Waals surface area (Å²) in [6.45, 7) is -0.560. The molecule has 22 heteroatoms. The quantitative estimate of drug-likeness (QED) is 0.0334. The summed E-state index contributed by atoms with van der Waals surface area (Å²) in [5, 5.41) is 10.4. The number of hydrazine groups is 1. The molecule has 51 heavy (non-hydrogen) atoms. The van der Waals surface area contributed by atoms with E-state index < -0.39 is 93.7 Å². The molecule has 0 bridgehead atoms. The number of nitrogens with two attached hydrogens (primary N) is 1. The zero-order valence-electron chi connectivity index (χ0n) is 26.1. The second-order valence-electron chi connectivity index (χ2n) is 11.7. The number of hydrogen-bond donors (Lipinski definition) is 7. The van der Waals surface area contributed by atoms with Crippen molar-refractivity contribution in [1.29, 1.82) is 0 Å². The molecule has 1 unspecified atom stereocenters. The average molecular weight is 771 g/mol. The summed E-state index contributed by atoms with van der Waals surface area (Å²) in [4.78, 5) is 47.7. The summed E-state index contributed by atoms with van der Waals surface area (Å²) in [7, 11) is -15.3. The van der Waals surface area contributed by atoms with Crippen molar-refractivity contribution < 1.29 is 67.9 Å². The van der Waals surface area contributed by atoms with Crippen molar-refractivity contribution in [2.75, 3.05) is 19.7 Å². The third-order valence-corrected chi connectivity index (χ3v) is 11.3. The van der Waals surface area contributed by atoms with Gasteiger partial charge in [-0.05, 0) is 31.4 Å². The van der Waals surface area contributed by atoms with Gasteiger partial charge in [-0.15, -0.1) is 0 Å². The van der Waals surface area contributed by atoms with E-state index in [1.165, 1.54) is 17.0 Å². The number of carbonyl (C=O) groups excluding carboxylic acids is 3. The molecule has 0 aliphatic carbocycles. The van der Waals surface area contributed by atoms with Crippen molar-refractivity contribution in [2.24, 2.45) is 11.8 Å². The number of nitrogens with one attached hydrogen (secondary N) is 2. The monoisotopic (exact) mass is 770 g/mol. The largest absolute Gasteiger partial charge is 0.483 e. The van der Waals surface area contributed by atoms with Crippen molar-refractivity contribution in [3.63, 3.8) is 0 Å². The van der Waals surface area contributed by atoms with Crippen molar-refractivity contribution in [1.82, 2.24) is 15.6 Å². The summed E-state index contributed by atoms with van der Waals surface area (Å²) >= 11 is 0. The highest BCUT2D eigenvalue weighted by molar-refractivity contribution is 7.87. The zero-order valence-corrected chi connectivity index (χ0v) is 28.5. The van der Waals surface area contributed by atoms with Crippen LogP contribution in [0, 0.1) is 5.92 Å². The number of nitrogens with zero attached hydrogens (tertiary/aromatic N) is 1. The number of likely N-dealkylation sites (tertiary alicyclic amines) is 1. The molecule has 1 aliphatic rings. The van der Waals surface area contributed by atoms with Crippen LogP contribution in [0.1, 0.15) is 25.7 Å². The van der Waals surface area contributed by atoms with Crippen LogP contribution >= 0.6 is 0 Å². The van der Waals surface area contributed by atoms with E-state index >= 15 is 0 Å². The smallest absolute Gasteiger partial charge is 0.303 e. The molecule has 8 N–H and O–H groups in total. The molecule has 0 saturated carbocycles. The number of carboxylic acid groups (broad SMARTS) is 1. The van der Waals surface area contributed by atoms with E-state index in [1.807, 2.05) is 5.43 Å². The fourth-order valence-corrected chi connectivity index (χ4v) is 8.38. The van der Waals surface area contributed by atoms with Gasteiger partial charge >= 0.3 is 5.97 Å². The van der Waals surface area contributed by atoms with Crippen LogP contribution in [-0.4, -0.2) is 98.3 Å². The van der Waals surface area contributed by atoms with Gasteiger partial charge in [0, 0.05) is 63.8 Å². The van der Waals surface area contributed by atoms with Gasteiger partial charge in [-0.2, -0.15) is 25.3 Å². The van der Waals surface area contributed by atoms with E-state index in [-0.39, 0.29) is 70.4 Å². The van der Waals surface area contributed by atoms with E-state index in [0.29, 0.717) is 6.07 Å². The number of piperidine rings is 1. The lowest BCUT2D eigenvalue weighted by Gasteiger charge is -2.32. The lowest BCUT2D eigenvalue weighted by atomic mass is 9.93. The molecule has 0 spiro atoms. The second-order valence-corrected chi connectivity index (χ2v) is 15.9. The molecule has 5 rings (SSSR count). The van der Waals surface area contributed by atoms with Crippen LogP contribution in [0.5, 0.6) is 5.75 Å². The van der Waals surface area contributed by atoms with Gasteiger partial charge < -0.3 is 20.1 Å². The first-order valence-electron chi connectivity index (χ1n) is 14.9. The molecule has 3 amide bonds. The maximum absolute atomic E-state index is 13.2. The Labute approximate surface area is 289 Å². The van der Waals surface area contributed by atoms with E-state index in [9.17, 15) is 58.1 Å². The Bertz CT molecular complexity index is 2370. The molecule has 1 fully saturated rings. The molecule has 19 nitrogen and oxygen atoms in total. The molecule has 0 aromatic heterocycles. The standard InChI is InChI=1S/C29H30N4O15S3/c30-32-29(38)19(5-6-25(35)36)31-28(37)14-7-9-33(10-8-14)24(34)13-48-20-11-21(49(39,40)41)16-3-4-18-23(51(45,46)47)12-22(50(42,43)44)17-2-1-15(20)26(16)27(17)18/h1-4,11-12,14,19H,5-10,13,30H2,(H,31,37)(H,32,38)(H,35,36)(H,39,40,41)(H,42,43,44)(H,45,46,47). The van der Waals surface area contributed by atoms with Gasteiger partial charge in [0.1, 0.15) is 26.5 Å². The van der Waals surface area contributed by atoms with Gasteiger partial charge in [0.15, 0.2) is 6.61 Å². The Balaban J connectivity index is 1.44. The maximum atomic E-state index is 13.2. The van der Waals surface area contributed by atoms with Crippen LogP contribution in [0.25, 0.3) is 32.3 Å². The SMILES string of the molecule is NNC(=O)C(CCC(=O)O)NC(=O)C1CCN(C(=O)COc2cc(S(=O)(=O)O)c3ccc4c(S(=O)(=O)O)cc(S(=O)(=O)O)c5ccc2c3c54)CC1. The molecule has 1 saturated heterocycles. The summed E-state index contributed by atoms with van der Waals surface area (Å²) in [6, 6.07) is 4.96. The third kappa shape index (κ3) is 7.66. The zero-order chi connectivity index (χ0) is 37.6. The van der Waals surface area contributed by atoms with Crippen molar-refractivity contribution >= 4 is 86.4 Å². The minimum Gasteiger partial charge on any atom is -0.483 e. The number of carbonyl (C=O) groups is 4. The van der Waals surface area contributed by atoms with Crippen LogP contribution in [-0.2, 0) is 49.5 Å². The van der Waals surface area contributed by atoms with E-state index in [0.717, 1.165) is 18.2 Å². The van der Waals surface area contributed by atoms with Crippen LogP contribution in [0.3, 0.4) is 0 Å². The number of hydrogen-bond acceptors (Lipinski definition) is 12. The lowest BCUT2D eigenvalue weighted by molar-refractivity contribution is -0.138. The number of ether oxygens (including phenoxy) is 1. The summed E-state index contributed by atoms with van der Waals surface area (Å²) in [5.74, 6) is 1.11. The minimum absolute atomic E-state index is 0.0476. The Hall–Kier alpha value is -4.71. The molecular weight excluding hydrogens is 741 g/mol. The first-order valence-corrected chi connectivity index (χ1v) is 19.2. The molecule has 1 heterocycles. The van der Waals surface area contributed by atoms with Gasteiger partial charge in [-0.1, -0.05) is 18.2 Å². The predicted octanol–water partition coefficient (Wildman–Crippen LogP) is 0.281. The minimum atomic E-state index is -5.11. The lowest BCUT2D eigenvalue weighted by Crippen LogP contribution is -2.52. The predicted molar refractivity (Wildman–Crippen MR) is 176 cm³/mol. The Kier molecular flexibility index (Phi) is 10.1. The van der Waals surface area contributed by atoms with Gasteiger partial charge in [-0.3, -0.25) is 38.3 Å². The van der Waals surface area contributed by atoms with Gasteiger partial charge in [-0.25, -0.2) is 5.84 Å². The molecular formula is C29H30N4O15S3. The number of aliphatic carboxylic acids is 1.